The van der Waals surface area contributed by atoms with E-state index >= 15 is 0 Å². The molecule has 2 rings (SSSR count). The zero-order valence-corrected chi connectivity index (χ0v) is 15.7. The molecule has 0 bridgehead atoms. The molecular weight excluding hydrogens is 326 g/mol. The maximum Gasteiger partial charge on any atom is 0.349 e. The highest BCUT2D eigenvalue weighted by molar-refractivity contribution is 7.73. The van der Waals surface area contributed by atoms with Crippen molar-refractivity contribution in [2.75, 3.05) is 26.4 Å². The molecule has 0 aromatic rings. The Morgan fingerprint density at radius 1 is 0.818 bits per heavy atom. The first-order valence-electron chi connectivity index (χ1n) is 7.42. The fourth-order valence-electron chi connectivity index (χ4n) is 2.08. The van der Waals surface area contributed by atoms with Crippen LogP contribution in [-0.2, 0) is 27.2 Å². The summed E-state index contributed by atoms with van der Waals surface area (Å²) in [6.45, 7) is 10.7. The Hall–Kier alpha value is 0.0400. The van der Waals surface area contributed by atoms with Crippen LogP contribution in [0.25, 0.3) is 0 Å². The van der Waals surface area contributed by atoms with E-state index in [1.807, 2.05) is 27.7 Å². The molecular formula is C14H26O6P2. The van der Waals surface area contributed by atoms with Crippen molar-refractivity contribution in [2.45, 2.75) is 40.0 Å². The third-order valence-corrected chi connectivity index (χ3v) is 8.85. The third-order valence-electron chi connectivity index (χ3n) is 3.55. The SMILES string of the molecule is C/C=C/C(P1(=O)OCC(C)(C)CO1)P1(=O)OCC(C)(C)CO1. The van der Waals surface area contributed by atoms with Gasteiger partial charge in [0, 0.05) is 10.8 Å². The lowest BCUT2D eigenvalue weighted by molar-refractivity contribution is 0.0296. The van der Waals surface area contributed by atoms with Gasteiger partial charge in [-0.3, -0.25) is 9.13 Å². The molecule has 2 heterocycles. The Bertz CT molecular complexity index is 469. The van der Waals surface area contributed by atoms with Crippen LogP contribution in [0, 0.1) is 10.8 Å². The quantitative estimate of drug-likeness (QED) is 0.553. The van der Waals surface area contributed by atoms with Crippen LogP contribution in [0.2, 0.25) is 0 Å². The largest absolute Gasteiger partial charge is 0.349 e. The molecule has 6 nitrogen and oxygen atoms in total. The van der Waals surface area contributed by atoms with Gasteiger partial charge in [-0.25, -0.2) is 0 Å². The average molecular weight is 352 g/mol. The van der Waals surface area contributed by atoms with Crippen molar-refractivity contribution < 1.29 is 27.2 Å². The van der Waals surface area contributed by atoms with Crippen LogP contribution in [0.15, 0.2) is 12.2 Å². The first-order valence-corrected chi connectivity index (χ1v) is 10.6. The summed E-state index contributed by atoms with van der Waals surface area (Å²) in [5, 5.41) is -1.02. The standard InChI is InChI=1S/C14H26O6P2/c1-6-7-12(21(15)17-8-13(2,3)9-18-21)22(16)19-10-14(4,5)11-20-22/h6-7,12H,8-11H2,1-5H3/b7-6+. The van der Waals surface area contributed by atoms with Crippen molar-refractivity contribution in [1.82, 2.24) is 0 Å². The second-order valence-electron chi connectivity index (χ2n) is 7.44. The Morgan fingerprint density at radius 3 is 1.41 bits per heavy atom. The molecule has 0 spiro atoms. The van der Waals surface area contributed by atoms with Gasteiger partial charge in [0.2, 0.25) is 0 Å². The molecule has 2 fully saturated rings. The highest BCUT2D eigenvalue weighted by Gasteiger charge is 2.54. The molecule has 0 atom stereocenters. The number of hydrogen-bond donors (Lipinski definition) is 0. The average Bonchev–Trinajstić information content (AvgIpc) is 2.44. The van der Waals surface area contributed by atoms with Crippen LogP contribution in [0.3, 0.4) is 0 Å². The van der Waals surface area contributed by atoms with E-state index in [4.69, 9.17) is 18.1 Å². The van der Waals surface area contributed by atoms with Crippen molar-refractivity contribution in [3.05, 3.63) is 12.2 Å². The molecule has 0 aromatic heterocycles. The molecule has 0 N–H and O–H groups in total. The lowest BCUT2D eigenvalue weighted by Gasteiger charge is -2.41. The van der Waals surface area contributed by atoms with Gasteiger partial charge < -0.3 is 18.1 Å². The minimum Gasteiger partial charge on any atom is -0.307 e. The Balaban J connectivity index is 2.24. The van der Waals surface area contributed by atoms with Gasteiger partial charge in [0.05, 0.1) is 26.4 Å². The molecule has 8 heteroatoms. The fourth-order valence-corrected chi connectivity index (χ4v) is 7.91. The van der Waals surface area contributed by atoms with E-state index in [9.17, 15) is 9.13 Å². The third kappa shape index (κ3) is 3.92. The molecule has 0 saturated carbocycles. The van der Waals surface area contributed by atoms with Gasteiger partial charge in [0.1, 0.15) is 0 Å². The van der Waals surface area contributed by atoms with Crippen molar-refractivity contribution in [3.8, 4) is 0 Å². The van der Waals surface area contributed by atoms with Crippen molar-refractivity contribution in [2.24, 2.45) is 10.8 Å². The van der Waals surface area contributed by atoms with Gasteiger partial charge in [-0.05, 0) is 6.92 Å². The van der Waals surface area contributed by atoms with Crippen LogP contribution >= 0.6 is 15.2 Å². The number of rotatable bonds is 3. The molecule has 0 aliphatic carbocycles. The van der Waals surface area contributed by atoms with E-state index in [2.05, 4.69) is 0 Å². The molecule has 22 heavy (non-hydrogen) atoms. The summed E-state index contributed by atoms with van der Waals surface area (Å²) in [6, 6.07) is 0. The van der Waals surface area contributed by atoms with Gasteiger partial charge in [0.25, 0.3) is 0 Å². The maximum atomic E-state index is 13.0. The van der Waals surface area contributed by atoms with E-state index < -0.39 is 20.6 Å². The highest BCUT2D eigenvalue weighted by atomic mass is 31.2. The summed E-state index contributed by atoms with van der Waals surface area (Å²) in [7, 11) is -7.19. The van der Waals surface area contributed by atoms with E-state index in [1.54, 1.807) is 19.1 Å². The fraction of sp³-hybridized carbons (Fsp3) is 0.857. The summed E-state index contributed by atoms with van der Waals surface area (Å²) in [5.74, 6) is 0. The molecule has 2 aliphatic heterocycles. The van der Waals surface area contributed by atoms with Gasteiger partial charge in [-0.2, -0.15) is 0 Å². The highest BCUT2D eigenvalue weighted by Crippen LogP contribution is 2.73. The smallest absolute Gasteiger partial charge is 0.307 e. The molecule has 0 radical (unpaired) electrons. The van der Waals surface area contributed by atoms with E-state index in [1.165, 1.54) is 0 Å². The molecule has 0 unspecified atom stereocenters. The van der Waals surface area contributed by atoms with Gasteiger partial charge in [-0.1, -0.05) is 39.8 Å². The Kier molecular flexibility index (Phi) is 5.15. The zero-order chi connectivity index (χ0) is 16.6. The lowest BCUT2D eigenvalue weighted by atomic mass is 9.97. The van der Waals surface area contributed by atoms with Crippen LogP contribution < -0.4 is 0 Å². The predicted octanol–water partition coefficient (Wildman–Crippen LogP) is 4.42. The van der Waals surface area contributed by atoms with Crippen LogP contribution in [0.1, 0.15) is 34.6 Å². The van der Waals surface area contributed by atoms with E-state index in [0.29, 0.717) is 0 Å². The minimum atomic E-state index is -3.60. The van der Waals surface area contributed by atoms with Crippen molar-refractivity contribution >= 4 is 15.2 Å². The summed E-state index contributed by atoms with van der Waals surface area (Å²) in [5.41, 5.74) is -0.446. The first-order chi connectivity index (χ1) is 10.0. The minimum absolute atomic E-state index is 0.223. The summed E-state index contributed by atoms with van der Waals surface area (Å²) < 4.78 is 48.2. The molecule has 128 valence electrons. The zero-order valence-electron chi connectivity index (χ0n) is 13.9. The monoisotopic (exact) mass is 352 g/mol. The molecule has 2 saturated heterocycles. The topological polar surface area (TPSA) is 71.1 Å². The van der Waals surface area contributed by atoms with E-state index in [0.717, 1.165) is 0 Å². The van der Waals surface area contributed by atoms with Crippen molar-refractivity contribution in [1.29, 1.82) is 0 Å². The van der Waals surface area contributed by atoms with Gasteiger partial charge >= 0.3 is 15.2 Å². The molecule has 2 aliphatic rings. The van der Waals surface area contributed by atoms with Gasteiger partial charge in [-0.15, -0.1) is 0 Å². The van der Waals surface area contributed by atoms with E-state index in [-0.39, 0.29) is 37.3 Å². The summed E-state index contributed by atoms with van der Waals surface area (Å²) >= 11 is 0. The maximum absolute atomic E-state index is 13.0. The van der Waals surface area contributed by atoms with Crippen LogP contribution in [0.4, 0.5) is 0 Å². The second kappa shape index (κ2) is 6.16. The summed E-state index contributed by atoms with van der Waals surface area (Å²) in [6.07, 6.45) is 3.22. The normalized spacial score (nSPS) is 29.7. The molecule has 0 amide bonds. The second-order valence-corrected chi connectivity index (χ2v) is 12.2. The molecule has 0 aromatic carbocycles. The van der Waals surface area contributed by atoms with Crippen LogP contribution in [0.5, 0.6) is 0 Å². The predicted molar refractivity (Wildman–Crippen MR) is 85.2 cm³/mol. The number of allylic oxidation sites excluding steroid dienone is 2. The first kappa shape index (κ1) is 18.4. The Labute approximate surface area is 132 Å². The summed E-state index contributed by atoms with van der Waals surface area (Å²) in [4.78, 5) is 0. The number of hydrogen-bond acceptors (Lipinski definition) is 6. The van der Waals surface area contributed by atoms with Crippen molar-refractivity contribution in [3.63, 3.8) is 0 Å². The van der Waals surface area contributed by atoms with Crippen LogP contribution in [-0.4, -0.2) is 31.8 Å². The Morgan fingerprint density at radius 2 is 1.14 bits per heavy atom. The van der Waals surface area contributed by atoms with Gasteiger partial charge in [0.15, 0.2) is 5.40 Å². The lowest BCUT2D eigenvalue weighted by Crippen LogP contribution is -2.35.